The van der Waals surface area contributed by atoms with Crippen molar-refractivity contribution < 1.29 is 13.9 Å². The molecule has 0 aliphatic rings. The zero-order valence-electron chi connectivity index (χ0n) is 11.6. The van der Waals surface area contributed by atoms with Gasteiger partial charge in [-0.25, -0.2) is 0 Å². The first-order chi connectivity index (χ1) is 10.2. The average molecular weight is 278 g/mol. The van der Waals surface area contributed by atoms with Gasteiger partial charge in [-0.05, 0) is 55.0 Å². The molecule has 3 rings (SSSR count). The van der Waals surface area contributed by atoms with Crippen molar-refractivity contribution in [3.63, 3.8) is 0 Å². The van der Waals surface area contributed by atoms with Crippen LogP contribution in [0.3, 0.4) is 0 Å². The van der Waals surface area contributed by atoms with Crippen molar-refractivity contribution in [2.24, 2.45) is 0 Å². The van der Waals surface area contributed by atoms with Gasteiger partial charge in [0, 0.05) is 5.56 Å². The SMILES string of the molecule is Cc1ccccc1Oc1ccc(C(=O)c2ccco2)cc1. The van der Waals surface area contributed by atoms with E-state index in [0.29, 0.717) is 17.1 Å². The highest BCUT2D eigenvalue weighted by Gasteiger charge is 2.11. The highest BCUT2D eigenvalue weighted by molar-refractivity contribution is 6.07. The Hall–Kier alpha value is -2.81. The monoisotopic (exact) mass is 278 g/mol. The van der Waals surface area contributed by atoms with Crippen LogP contribution in [0.25, 0.3) is 0 Å². The van der Waals surface area contributed by atoms with Gasteiger partial charge in [0.15, 0.2) is 5.76 Å². The number of ketones is 1. The molecule has 0 fully saturated rings. The Bertz CT molecular complexity index is 740. The van der Waals surface area contributed by atoms with Crippen LogP contribution in [0.4, 0.5) is 0 Å². The van der Waals surface area contributed by atoms with E-state index in [1.165, 1.54) is 6.26 Å². The molecule has 0 spiro atoms. The number of benzene rings is 2. The fourth-order valence-corrected chi connectivity index (χ4v) is 2.02. The van der Waals surface area contributed by atoms with Crippen molar-refractivity contribution in [3.8, 4) is 11.5 Å². The second-order valence-corrected chi connectivity index (χ2v) is 4.70. The minimum absolute atomic E-state index is 0.137. The van der Waals surface area contributed by atoms with Gasteiger partial charge in [0.05, 0.1) is 6.26 Å². The normalized spacial score (nSPS) is 10.3. The molecule has 3 aromatic rings. The molecule has 0 saturated heterocycles. The third-order valence-electron chi connectivity index (χ3n) is 3.18. The first-order valence-electron chi connectivity index (χ1n) is 6.66. The fourth-order valence-electron chi connectivity index (χ4n) is 2.02. The quantitative estimate of drug-likeness (QED) is 0.654. The molecule has 0 bridgehead atoms. The number of para-hydroxylation sites is 1. The number of ether oxygens (including phenoxy) is 1. The smallest absolute Gasteiger partial charge is 0.228 e. The molecule has 2 aromatic carbocycles. The number of carbonyl (C=O) groups excluding carboxylic acids is 1. The third kappa shape index (κ3) is 2.87. The zero-order valence-corrected chi connectivity index (χ0v) is 11.6. The van der Waals surface area contributed by atoms with Crippen molar-refractivity contribution >= 4 is 5.78 Å². The molecule has 0 saturated carbocycles. The standard InChI is InChI=1S/C18H14O3/c1-13-5-2-3-6-16(13)21-15-10-8-14(9-11-15)18(19)17-7-4-12-20-17/h2-12H,1H3. The van der Waals surface area contributed by atoms with E-state index in [-0.39, 0.29) is 5.78 Å². The highest BCUT2D eigenvalue weighted by Crippen LogP contribution is 2.25. The molecule has 3 heteroatoms. The summed E-state index contributed by atoms with van der Waals surface area (Å²) in [5, 5.41) is 0. The summed E-state index contributed by atoms with van der Waals surface area (Å²) < 4.78 is 10.9. The summed E-state index contributed by atoms with van der Waals surface area (Å²) >= 11 is 0. The lowest BCUT2D eigenvalue weighted by Crippen LogP contribution is -1.99. The van der Waals surface area contributed by atoms with Crippen LogP contribution >= 0.6 is 0 Å². The molecule has 0 N–H and O–H groups in total. The van der Waals surface area contributed by atoms with E-state index in [4.69, 9.17) is 9.15 Å². The lowest BCUT2D eigenvalue weighted by molar-refractivity contribution is 0.101. The topological polar surface area (TPSA) is 39.4 Å². The number of aryl methyl sites for hydroxylation is 1. The molecule has 0 aliphatic heterocycles. The van der Waals surface area contributed by atoms with Gasteiger partial charge in [-0.2, -0.15) is 0 Å². The van der Waals surface area contributed by atoms with E-state index in [2.05, 4.69) is 0 Å². The Morgan fingerprint density at radius 3 is 2.38 bits per heavy atom. The molecule has 1 heterocycles. The molecule has 3 nitrogen and oxygen atoms in total. The van der Waals surface area contributed by atoms with Crippen LogP contribution < -0.4 is 4.74 Å². The maximum Gasteiger partial charge on any atom is 0.228 e. The van der Waals surface area contributed by atoms with Gasteiger partial charge >= 0.3 is 0 Å². The predicted octanol–water partition coefficient (Wildman–Crippen LogP) is 4.61. The molecular weight excluding hydrogens is 264 g/mol. The van der Waals surface area contributed by atoms with Crippen molar-refractivity contribution in [2.45, 2.75) is 6.92 Å². The lowest BCUT2D eigenvalue weighted by atomic mass is 10.1. The minimum atomic E-state index is -0.137. The van der Waals surface area contributed by atoms with Crippen LogP contribution in [0.15, 0.2) is 71.3 Å². The second-order valence-electron chi connectivity index (χ2n) is 4.70. The summed E-state index contributed by atoms with van der Waals surface area (Å²) in [6.45, 7) is 1.99. The number of rotatable bonds is 4. The van der Waals surface area contributed by atoms with Crippen molar-refractivity contribution in [1.29, 1.82) is 0 Å². The Balaban J connectivity index is 1.79. The van der Waals surface area contributed by atoms with E-state index in [1.54, 1.807) is 36.4 Å². The minimum Gasteiger partial charge on any atom is -0.461 e. The van der Waals surface area contributed by atoms with Gasteiger partial charge < -0.3 is 9.15 Å². The van der Waals surface area contributed by atoms with E-state index >= 15 is 0 Å². The van der Waals surface area contributed by atoms with Crippen LogP contribution in [0.5, 0.6) is 11.5 Å². The second kappa shape index (κ2) is 5.67. The van der Waals surface area contributed by atoms with Crippen LogP contribution in [0.2, 0.25) is 0 Å². The van der Waals surface area contributed by atoms with Crippen LogP contribution in [0.1, 0.15) is 21.7 Å². The van der Waals surface area contributed by atoms with E-state index in [0.717, 1.165) is 11.3 Å². The molecule has 104 valence electrons. The number of carbonyl (C=O) groups is 1. The van der Waals surface area contributed by atoms with Crippen LogP contribution in [-0.4, -0.2) is 5.78 Å². The first-order valence-corrected chi connectivity index (χ1v) is 6.66. The van der Waals surface area contributed by atoms with Crippen molar-refractivity contribution in [2.75, 3.05) is 0 Å². The van der Waals surface area contributed by atoms with Crippen molar-refractivity contribution in [1.82, 2.24) is 0 Å². The summed E-state index contributed by atoms with van der Waals surface area (Å²) in [5.41, 5.74) is 1.63. The molecule has 0 aliphatic carbocycles. The summed E-state index contributed by atoms with van der Waals surface area (Å²) in [5.74, 6) is 1.70. The Morgan fingerprint density at radius 2 is 1.71 bits per heavy atom. The van der Waals surface area contributed by atoms with Crippen molar-refractivity contribution in [3.05, 3.63) is 83.8 Å². The number of hydrogen-bond donors (Lipinski definition) is 0. The molecule has 0 radical (unpaired) electrons. The van der Waals surface area contributed by atoms with Gasteiger partial charge in [-0.3, -0.25) is 4.79 Å². The summed E-state index contributed by atoms with van der Waals surface area (Å²) in [6, 6.07) is 18.2. The van der Waals surface area contributed by atoms with Gasteiger partial charge in [-0.15, -0.1) is 0 Å². The molecule has 1 aromatic heterocycles. The zero-order chi connectivity index (χ0) is 14.7. The molecular formula is C18H14O3. The van der Waals surface area contributed by atoms with Crippen LogP contribution in [-0.2, 0) is 0 Å². The predicted molar refractivity (Wildman–Crippen MR) is 79.8 cm³/mol. The lowest BCUT2D eigenvalue weighted by Gasteiger charge is -2.08. The maximum atomic E-state index is 12.1. The van der Waals surface area contributed by atoms with E-state index < -0.39 is 0 Å². The first kappa shape index (κ1) is 13.2. The van der Waals surface area contributed by atoms with Crippen LogP contribution in [0, 0.1) is 6.92 Å². The van der Waals surface area contributed by atoms with Gasteiger partial charge in [-0.1, -0.05) is 18.2 Å². The fraction of sp³-hybridized carbons (Fsp3) is 0.0556. The highest BCUT2D eigenvalue weighted by atomic mass is 16.5. The third-order valence-corrected chi connectivity index (χ3v) is 3.18. The Labute approximate surface area is 122 Å². The Kier molecular flexibility index (Phi) is 3.56. The largest absolute Gasteiger partial charge is 0.461 e. The molecule has 0 unspecified atom stereocenters. The van der Waals surface area contributed by atoms with E-state index in [9.17, 15) is 4.79 Å². The number of hydrogen-bond acceptors (Lipinski definition) is 3. The molecule has 0 amide bonds. The summed E-state index contributed by atoms with van der Waals surface area (Å²) in [6.07, 6.45) is 1.49. The van der Waals surface area contributed by atoms with E-state index in [1.807, 2.05) is 31.2 Å². The maximum absolute atomic E-state index is 12.1. The molecule has 0 atom stereocenters. The average Bonchev–Trinajstić information content (AvgIpc) is 3.04. The van der Waals surface area contributed by atoms with Gasteiger partial charge in [0.2, 0.25) is 5.78 Å². The van der Waals surface area contributed by atoms with Gasteiger partial charge in [0.25, 0.3) is 0 Å². The summed E-state index contributed by atoms with van der Waals surface area (Å²) in [7, 11) is 0. The summed E-state index contributed by atoms with van der Waals surface area (Å²) in [4.78, 5) is 12.1. The van der Waals surface area contributed by atoms with Gasteiger partial charge in [0.1, 0.15) is 11.5 Å². The number of furan rings is 1. The Morgan fingerprint density at radius 1 is 0.952 bits per heavy atom. The molecule has 21 heavy (non-hydrogen) atoms.